The monoisotopic (exact) mass is 444 g/mol. The number of likely N-dealkylation sites (N-methyl/N-ethyl adjacent to an activating group) is 1. The number of amidine groups is 1. The van der Waals surface area contributed by atoms with Gasteiger partial charge < -0.3 is 4.74 Å². The summed E-state index contributed by atoms with van der Waals surface area (Å²) in [6, 6.07) is 14.6. The van der Waals surface area contributed by atoms with Crippen molar-refractivity contribution in [3.63, 3.8) is 0 Å². The molecule has 7 heteroatoms. The number of aliphatic imine (C=N–C) groups is 1. The second-order valence-corrected chi connectivity index (χ2v) is 7.62. The van der Waals surface area contributed by atoms with Crippen LogP contribution >= 0.6 is 27.7 Å². The molecule has 0 bridgehead atoms. The summed E-state index contributed by atoms with van der Waals surface area (Å²) in [4.78, 5) is 31.0. The summed E-state index contributed by atoms with van der Waals surface area (Å²) in [5.41, 5.74) is 1.96. The molecular weight excluding hydrogens is 428 g/mol. The van der Waals surface area contributed by atoms with E-state index in [9.17, 15) is 9.59 Å². The average molecular weight is 445 g/mol. The lowest BCUT2D eigenvalue weighted by atomic mass is 10.2. The molecule has 1 fully saturated rings. The first-order chi connectivity index (χ1) is 13.0. The number of carbonyl (C=O) groups is 2. The minimum absolute atomic E-state index is 0.108. The standard InChI is InChI=1S/C20H17BrN2O3S/c1-3-26-19(25)14-5-4-6-16(12-14)22-20-23(2)18(24)17(27-20)11-13-7-9-15(21)10-8-13/h4-12H,3H2,1-2H3. The SMILES string of the molecule is CCOC(=O)c1cccc(N=C2SC(=Cc3ccc(Br)cc3)C(=O)N2C)c1. The highest BCUT2D eigenvalue weighted by Gasteiger charge is 2.30. The minimum atomic E-state index is -0.390. The number of esters is 1. The molecule has 0 spiro atoms. The van der Waals surface area contributed by atoms with E-state index >= 15 is 0 Å². The van der Waals surface area contributed by atoms with Gasteiger partial charge in [-0.05, 0) is 60.7 Å². The molecule has 2 aromatic carbocycles. The van der Waals surface area contributed by atoms with Crippen LogP contribution in [-0.4, -0.2) is 35.6 Å². The maximum absolute atomic E-state index is 12.5. The van der Waals surface area contributed by atoms with Gasteiger partial charge in [-0.15, -0.1) is 0 Å². The van der Waals surface area contributed by atoms with Crippen LogP contribution in [0.3, 0.4) is 0 Å². The van der Waals surface area contributed by atoms with Gasteiger partial charge in [-0.1, -0.05) is 34.1 Å². The smallest absolute Gasteiger partial charge is 0.338 e. The zero-order valence-corrected chi connectivity index (χ0v) is 17.2. The normalized spacial score (nSPS) is 17.0. The number of benzene rings is 2. The van der Waals surface area contributed by atoms with Gasteiger partial charge in [0.25, 0.3) is 5.91 Å². The first-order valence-electron chi connectivity index (χ1n) is 8.27. The van der Waals surface area contributed by atoms with Crippen molar-refractivity contribution < 1.29 is 14.3 Å². The summed E-state index contributed by atoms with van der Waals surface area (Å²) in [5.74, 6) is -0.498. The molecular formula is C20H17BrN2O3S. The Kier molecular flexibility index (Phi) is 6.13. The number of hydrogen-bond donors (Lipinski definition) is 0. The molecule has 5 nitrogen and oxygen atoms in total. The topological polar surface area (TPSA) is 59.0 Å². The van der Waals surface area contributed by atoms with Gasteiger partial charge in [-0.25, -0.2) is 9.79 Å². The van der Waals surface area contributed by atoms with Crippen molar-refractivity contribution in [2.45, 2.75) is 6.92 Å². The van der Waals surface area contributed by atoms with Gasteiger partial charge in [0, 0.05) is 11.5 Å². The summed E-state index contributed by atoms with van der Waals surface area (Å²) in [6.07, 6.45) is 1.84. The van der Waals surface area contributed by atoms with Crippen LogP contribution in [0.2, 0.25) is 0 Å². The molecule has 2 aromatic rings. The van der Waals surface area contributed by atoms with Gasteiger partial charge in [0.05, 0.1) is 22.8 Å². The zero-order chi connectivity index (χ0) is 19.4. The summed E-state index contributed by atoms with van der Waals surface area (Å²) in [6.45, 7) is 2.08. The Morgan fingerprint density at radius 3 is 2.70 bits per heavy atom. The fraction of sp³-hybridized carbons (Fsp3) is 0.150. The van der Waals surface area contributed by atoms with E-state index in [1.807, 2.05) is 30.3 Å². The molecule has 27 heavy (non-hydrogen) atoms. The number of carbonyl (C=O) groups excluding carboxylic acids is 2. The lowest BCUT2D eigenvalue weighted by molar-refractivity contribution is -0.121. The van der Waals surface area contributed by atoms with E-state index in [0.29, 0.717) is 27.9 Å². The van der Waals surface area contributed by atoms with Crippen molar-refractivity contribution in [2.24, 2.45) is 4.99 Å². The summed E-state index contributed by atoms with van der Waals surface area (Å²) in [7, 11) is 1.69. The molecule has 1 aliphatic rings. The first-order valence-corrected chi connectivity index (χ1v) is 9.88. The van der Waals surface area contributed by atoms with Crippen molar-refractivity contribution in [3.8, 4) is 0 Å². The maximum Gasteiger partial charge on any atom is 0.338 e. The molecule has 0 saturated carbocycles. The second kappa shape index (κ2) is 8.54. The third kappa shape index (κ3) is 4.67. The molecule has 0 unspecified atom stereocenters. The van der Waals surface area contributed by atoms with Crippen LogP contribution in [0.25, 0.3) is 6.08 Å². The molecule has 0 aliphatic carbocycles. The Morgan fingerprint density at radius 1 is 1.26 bits per heavy atom. The molecule has 1 amide bonds. The van der Waals surface area contributed by atoms with Crippen LogP contribution in [0.4, 0.5) is 5.69 Å². The van der Waals surface area contributed by atoms with Crippen molar-refractivity contribution in [2.75, 3.05) is 13.7 Å². The van der Waals surface area contributed by atoms with Crippen molar-refractivity contribution in [3.05, 3.63) is 69.0 Å². The summed E-state index contributed by atoms with van der Waals surface area (Å²) < 4.78 is 6.00. The molecule has 1 heterocycles. The number of ether oxygens (including phenoxy) is 1. The van der Waals surface area contributed by atoms with Gasteiger partial charge in [0.15, 0.2) is 5.17 Å². The highest BCUT2D eigenvalue weighted by atomic mass is 79.9. The number of hydrogen-bond acceptors (Lipinski definition) is 5. The van der Waals surface area contributed by atoms with E-state index < -0.39 is 0 Å². The highest BCUT2D eigenvalue weighted by Crippen LogP contribution is 2.33. The first kappa shape index (κ1) is 19.4. The van der Waals surface area contributed by atoms with Gasteiger partial charge >= 0.3 is 5.97 Å². The third-order valence-electron chi connectivity index (χ3n) is 3.75. The Labute approximate surface area is 170 Å². The lowest BCUT2D eigenvalue weighted by Crippen LogP contribution is -2.23. The van der Waals surface area contributed by atoms with Crippen LogP contribution in [0.5, 0.6) is 0 Å². The van der Waals surface area contributed by atoms with Crippen molar-refractivity contribution >= 4 is 56.5 Å². The molecule has 0 aromatic heterocycles. The molecule has 0 radical (unpaired) electrons. The Morgan fingerprint density at radius 2 is 2.00 bits per heavy atom. The van der Waals surface area contributed by atoms with E-state index in [1.165, 1.54) is 16.7 Å². The van der Waals surface area contributed by atoms with Gasteiger partial charge in [-0.2, -0.15) is 0 Å². The molecule has 1 aliphatic heterocycles. The van der Waals surface area contributed by atoms with Crippen LogP contribution < -0.4 is 0 Å². The predicted molar refractivity (Wildman–Crippen MR) is 112 cm³/mol. The van der Waals surface area contributed by atoms with E-state index in [1.54, 1.807) is 38.2 Å². The van der Waals surface area contributed by atoms with Crippen LogP contribution in [0.1, 0.15) is 22.8 Å². The maximum atomic E-state index is 12.5. The Hall–Kier alpha value is -2.38. The number of thioether (sulfide) groups is 1. The van der Waals surface area contributed by atoms with E-state index in [0.717, 1.165) is 10.0 Å². The fourth-order valence-electron chi connectivity index (χ4n) is 2.39. The predicted octanol–water partition coefficient (Wildman–Crippen LogP) is 4.86. The molecule has 0 atom stereocenters. The number of rotatable bonds is 4. The zero-order valence-electron chi connectivity index (χ0n) is 14.8. The van der Waals surface area contributed by atoms with E-state index in [-0.39, 0.29) is 11.9 Å². The van der Waals surface area contributed by atoms with Crippen LogP contribution in [-0.2, 0) is 9.53 Å². The molecule has 138 valence electrons. The summed E-state index contributed by atoms with van der Waals surface area (Å²) >= 11 is 4.70. The Balaban J connectivity index is 1.85. The minimum Gasteiger partial charge on any atom is -0.462 e. The van der Waals surface area contributed by atoms with Crippen LogP contribution in [0.15, 0.2) is 62.9 Å². The van der Waals surface area contributed by atoms with E-state index in [4.69, 9.17) is 4.74 Å². The fourth-order valence-corrected chi connectivity index (χ4v) is 3.64. The van der Waals surface area contributed by atoms with Gasteiger partial charge in [0.1, 0.15) is 0 Å². The number of nitrogens with zero attached hydrogens (tertiary/aromatic N) is 2. The largest absolute Gasteiger partial charge is 0.462 e. The van der Waals surface area contributed by atoms with Crippen molar-refractivity contribution in [1.82, 2.24) is 4.90 Å². The lowest BCUT2D eigenvalue weighted by Gasteiger charge is -2.07. The van der Waals surface area contributed by atoms with E-state index in [2.05, 4.69) is 20.9 Å². The van der Waals surface area contributed by atoms with Crippen LogP contribution in [0, 0.1) is 0 Å². The second-order valence-electron chi connectivity index (χ2n) is 5.69. The third-order valence-corrected chi connectivity index (χ3v) is 5.34. The molecule has 3 rings (SSSR count). The van der Waals surface area contributed by atoms with Crippen molar-refractivity contribution in [1.29, 1.82) is 0 Å². The Bertz CT molecular complexity index is 938. The number of amides is 1. The van der Waals surface area contributed by atoms with Gasteiger partial charge in [-0.3, -0.25) is 9.69 Å². The number of halogens is 1. The van der Waals surface area contributed by atoms with Gasteiger partial charge in [0.2, 0.25) is 0 Å². The molecule has 0 N–H and O–H groups in total. The highest BCUT2D eigenvalue weighted by molar-refractivity contribution is 9.10. The molecule has 1 saturated heterocycles. The average Bonchev–Trinajstić information content (AvgIpc) is 2.92. The quantitative estimate of drug-likeness (QED) is 0.498. The summed E-state index contributed by atoms with van der Waals surface area (Å²) in [5, 5.41) is 0.560.